The lowest BCUT2D eigenvalue weighted by Gasteiger charge is -2.15. The zero-order valence-electron chi connectivity index (χ0n) is 11.0. The highest BCUT2D eigenvalue weighted by Crippen LogP contribution is 2.15. The molecule has 0 bridgehead atoms. The van der Waals surface area contributed by atoms with Gasteiger partial charge in [-0.1, -0.05) is 0 Å². The van der Waals surface area contributed by atoms with Crippen LogP contribution in [0.3, 0.4) is 0 Å². The van der Waals surface area contributed by atoms with Crippen LogP contribution in [0.25, 0.3) is 0 Å². The van der Waals surface area contributed by atoms with Crippen molar-refractivity contribution < 1.29 is 4.79 Å². The minimum atomic E-state index is -0.996. The fourth-order valence-corrected chi connectivity index (χ4v) is 1.51. The number of aromatic nitrogens is 2. The van der Waals surface area contributed by atoms with Gasteiger partial charge < -0.3 is 5.32 Å². The summed E-state index contributed by atoms with van der Waals surface area (Å²) in [6.07, 6.45) is 0. The van der Waals surface area contributed by atoms with Gasteiger partial charge in [0.1, 0.15) is 5.41 Å². The van der Waals surface area contributed by atoms with Crippen molar-refractivity contribution >= 4 is 5.91 Å². The van der Waals surface area contributed by atoms with Crippen LogP contribution in [0.4, 0.5) is 0 Å². The topological polar surface area (TPSA) is 70.7 Å². The SMILES string of the molecule is Cc1nn(C)c(C)c1CNC(=O)C(C)(C)C#N. The third-order valence-electron chi connectivity index (χ3n) is 2.93. The first-order valence-electron chi connectivity index (χ1n) is 5.48. The van der Waals surface area contributed by atoms with Gasteiger partial charge in [0.2, 0.25) is 5.91 Å². The molecule has 5 nitrogen and oxygen atoms in total. The van der Waals surface area contributed by atoms with Crippen LogP contribution >= 0.6 is 0 Å². The van der Waals surface area contributed by atoms with Gasteiger partial charge in [0.15, 0.2) is 0 Å². The highest BCUT2D eigenvalue weighted by molar-refractivity contribution is 5.84. The van der Waals surface area contributed by atoms with Crippen LogP contribution in [0.15, 0.2) is 0 Å². The number of carbonyl (C=O) groups is 1. The number of hydrogen-bond acceptors (Lipinski definition) is 3. The Kier molecular flexibility index (Phi) is 3.56. The van der Waals surface area contributed by atoms with Crippen LogP contribution in [0, 0.1) is 30.6 Å². The molecule has 1 aromatic rings. The minimum absolute atomic E-state index is 0.261. The summed E-state index contributed by atoms with van der Waals surface area (Å²) in [5, 5.41) is 15.9. The molecule has 0 aliphatic carbocycles. The van der Waals surface area contributed by atoms with E-state index in [0.29, 0.717) is 6.54 Å². The van der Waals surface area contributed by atoms with Gasteiger partial charge in [0.05, 0.1) is 11.8 Å². The molecule has 0 unspecified atom stereocenters. The van der Waals surface area contributed by atoms with Crippen molar-refractivity contribution in [1.29, 1.82) is 5.26 Å². The van der Waals surface area contributed by atoms with Crippen LogP contribution in [0.5, 0.6) is 0 Å². The number of carbonyl (C=O) groups excluding carboxylic acids is 1. The molecule has 0 saturated carbocycles. The highest BCUT2D eigenvalue weighted by Gasteiger charge is 2.27. The van der Waals surface area contributed by atoms with Gasteiger partial charge in [0.25, 0.3) is 0 Å². The largest absolute Gasteiger partial charge is 0.351 e. The minimum Gasteiger partial charge on any atom is -0.351 e. The molecule has 0 aromatic carbocycles. The van der Waals surface area contributed by atoms with Crippen LogP contribution in [0.2, 0.25) is 0 Å². The summed E-state index contributed by atoms with van der Waals surface area (Å²) in [4.78, 5) is 11.7. The molecule has 0 atom stereocenters. The second-order valence-electron chi connectivity index (χ2n) is 4.69. The molecule has 1 N–H and O–H groups in total. The average Bonchev–Trinajstić information content (AvgIpc) is 2.50. The average molecular weight is 234 g/mol. The molecule has 5 heteroatoms. The lowest BCUT2D eigenvalue weighted by molar-refractivity contribution is -0.126. The Morgan fingerprint density at radius 1 is 1.53 bits per heavy atom. The zero-order valence-corrected chi connectivity index (χ0v) is 11.0. The third kappa shape index (κ3) is 2.64. The molecule has 0 aliphatic rings. The monoisotopic (exact) mass is 234 g/mol. The maximum absolute atomic E-state index is 11.7. The van der Waals surface area contributed by atoms with Crippen molar-refractivity contribution in [3.63, 3.8) is 0 Å². The quantitative estimate of drug-likeness (QED) is 0.854. The van der Waals surface area contributed by atoms with Gasteiger partial charge >= 0.3 is 0 Å². The van der Waals surface area contributed by atoms with Gasteiger partial charge in [-0.25, -0.2) is 0 Å². The fraction of sp³-hybridized carbons (Fsp3) is 0.583. The van der Waals surface area contributed by atoms with Crippen LogP contribution < -0.4 is 5.32 Å². The molecule has 0 saturated heterocycles. The first kappa shape index (κ1) is 13.2. The van der Waals surface area contributed by atoms with E-state index in [0.717, 1.165) is 17.0 Å². The Bertz CT molecular complexity index is 479. The van der Waals surface area contributed by atoms with Crippen LogP contribution in [0.1, 0.15) is 30.8 Å². The molecular formula is C12H18N4O. The molecule has 1 heterocycles. The summed E-state index contributed by atoms with van der Waals surface area (Å²) in [6.45, 7) is 7.48. The van der Waals surface area contributed by atoms with E-state index in [4.69, 9.17) is 5.26 Å². The van der Waals surface area contributed by atoms with Crippen molar-refractivity contribution in [3.8, 4) is 6.07 Å². The Labute approximate surface area is 101 Å². The highest BCUT2D eigenvalue weighted by atomic mass is 16.2. The molecule has 0 fully saturated rings. The summed E-state index contributed by atoms with van der Waals surface area (Å²) in [5.41, 5.74) is 1.94. The van der Waals surface area contributed by atoms with Crippen molar-refractivity contribution in [2.45, 2.75) is 34.2 Å². The summed E-state index contributed by atoms with van der Waals surface area (Å²) in [7, 11) is 1.87. The van der Waals surface area contributed by atoms with Crippen molar-refractivity contribution in [2.75, 3.05) is 0 Å². The van der Waals surface area contributed by atoms with E-state index in [-0.39, 0.29) is 5.91 Å². The van der Waals surface area contributed by atoms with Gasteiger partial charge in [-0.05, 0) is 27.7 Å². The maximum Gasteiger partial charge on any atom is 0.240 e. The van der Waals surface area contributed by atoms with Gasteiger partial charge in [0, 0.05) is 24.8 Å². The normalized spacial score (nSPS) is 11.1. The third-order valence-corrected chi connectivity index (χ3v) is 2.93. The number of nitrogens with one attached hydrogen (secondary N) is 1. The molecule has 1 aromatic heterocycles. The van der Waals surface area contributed by atoms with Gasteiger partial charge in [-0.3, -0.25) is 9.48 Å². The smallest absolute Gasteiger partial charge is 0.240 e. The van der Waals surface area contributed by atoms with Gasteiger partial charge in [-0.2, -0.15) is 10.4 Å². The van der Waals surface area contributed by atoms with E-state index < -0.39 is 5.41 Å². The van der Waals surface area contributed by atoms with E-state index in [9.17, 15) is 4.79 Å². The first-order valence-corrected chi connectivity index (χ1v) is 5.48. The predicted molar refractivity (Wildman–Crippen MR) is 63.9 cm³/mol. The Morgan fingerprint density at radius 3 is 2.53 bits per heavy atom. The lowest BCUT2D eigenvalue weighted by atomic mass is 9.94. The van der Waals surface area contributed by atoms with E-state index in [2.05, 4.69) is 10.4 Å². The van der Waals surface area contributed by atoms with E-state index in [1.165, 1.54) is 0 Å². The predicted octanol–water partition coefficient (Wildman–Crippen LogP) is 1.20. The maximum atomic E-state index is 11.7. The Balaban J connectivity index is 2.76. The lowest BCUT2D eigenvalue weighted by Crippen LogP contribution is -2.35. The summed E-state index contributed by atoms with van der Waals surface area (Å²) in [5.74, 6) is -0.261. The van der Waals surface area contributed by atoms with E-state index >= 15 is 0 Å². The second-order valence-corrected chi connectivity index (χ2v) is 4.69. The van der Waals surface area contributed by atoms with E-state index in [1.54, 1.807) is 18.5 Å². The zero-order chi connectivity index (χ0) is 13.2. The summed E-state index contributed by atoms with van der Waals surface area (Å²) < 4.78 is 1.78. The number of aryl methyl sites for hydroxylation is 2. The standard InChI is InChI=1S/C12H18N4O/c1-8-10(9(2)16(5)15-8)6-14-11(17)12(3,4)7-13/h6H2,1-5H3,(H,14,17). The summed E-state index contributed by atoms with van der Waals surface area (Å²) in [6, 6.07) is 1.98. The van der Waals surface area contributed by atoms with Crippen molar-refractivity contribution in [2.24, 2.45) is 12.5 Å². The number of amides is 1. The second kappa shape index (κ2) is 4.58. The van der Waals surface area contributed by atoms with Crippen molar-refractivity contribution in [3.05, 3.63) is 17.0 Å². The van der Waals surface area contributed by atoms with Gasteiger partial charge in [-0.15, -0.1) is 0 Å². The number of nitriles is 1. The van der Waals surface area contributed by atoms with E-state index in [1.807, 2.05) is 27.0 Å². The fourth-order valence-electron chi connectivity index (χ4n) is 1.51. The molecule has 1 rings (SSSR count). The summed E-state index contributed by atoms with van der Waals surface area (Å²) >= 11 is 0. The molecule has 17 heavy (non-hydrogen) atoms. The Morgan fingerprint density at radius 2 is 2.12 bits per heavy atom. The molecule has 0 aliphatic heterocycles. The Hall–Kier alpha value is -1.83. The molecule has 92 valence electrons. The van der Waals surface area contributed by atoms with Crippen molar-refractivity contribution in [1.82, 2.24) is 15.1 Å². The molecular weight excluding hydrogens is 216 g/mol. The molecule has 1 amide bonds. The van der Waals surface area contributed by atoms with Crippen LogP contribution in [-0.4, -0.2) is 15.7 Å². The molecule has 0 spiro atoms. The van der Waals surface area contributed by atoms with Crippen LogP contribution in [-0.2, 0) is 18.4 Å². The first-order chi connectivity index (χ1) is 7.79. The number of hydrogen-bond donors (Lipinski definition) is 1. The molecule has 0 radical (unpaired) electrons. The number of rotatable bonds is 3. The number of nitrogens with zero attached hydrogens (tertiary/aromatic N) is 3.